The Morgan fingerprint density at radius 1 is 1.55 bits per heavy atom. The summed E-state index contributed by atoms with van der Waals surface area (Å²) in [4.78, 5) is 3.37. The molecule has 66 valence electrons. The van der Waals surface area contributed by atoms with E-state index in [-0.39, 0.29) is 0 Å². The van der Waals surface area contributed by atoms with Gasteiger partial charge in [-0.05, 0) is 26.2 Å². The molecule has 0 aromatic heterocycles. The van der Waals surface area contributed by atoms with Crippen LogP contribution in [0.25, 0.3) is 0 Å². The lowest BCUT2D eigenvalue weighted by molar-refractivity contribution is 0.553. The molecule has 11 heavy (non-hydrogen) atoms. The van der Waals surface area contributed by atoms with Gasteiger partial charge in [0.1, 0.15) is 0 Å². The SMILES string of the molecule is C=CCN[Si](C)(C)O[SiH](C)C. The Bertz CT molecular complexity index is 126. The molecule has 0 aliphatic heterocycles. The molecule has 0 amide bonds. The second-order valence-electron chi connectivity index (χ2n) is 3.35. The first-order chi connectivity index (χ1) is 4.98. The first-order valence-electron chi connectivity index (χ1n) is 4.01. The van der Waals surface area contributed by atoms with Crippen LogP contribution in [-0.4, -0.2) is 24.1 Å². The van der Waals surface area contributed by atoms with Gasteiger partial charge in [0.25, 0.3) is 8.48 Å². The van der Waals surface area contributed by atoms with Crippen LogP contribution in [0.3, 0.4) is 0 Å². The third-order valence-corrected chi connectivity index (χ3v) is 6.50. The molecule has 0 saturated carbocycles. The Morgan fingerprint density at radius 3 is 2.45 bits per heavy atom. The van der Waals surface area contributed by atoms with E-state index >= 15 is 0 Å². The van der Waals surface area contributed by atoms with E-state index in [0.29, 0.717) is 0 Å². The first kappa shape index (κ1) is 11.1. The van der Waals surface area contributed by atoms with Gasteiger partial charge in [-0.2, -0.15) is 0 Å². The summed E-state index contributed by atoms with van der Waals surface area (Å²) >= 11 is 0. The van der Waals surface area contributed by atoms with Crippen molar-refractivity contribution in [3.05, 3.63) is 12.7 Å². The van der Waals surface area contributed by atoms with Crippen molar-refractivity contribution >= 4 is 17.5 Å². The zero-order chi connectivity index (χ0) is 8.91. The third-order valence-electron chi connectivity index (χ3n) is 1.20. The molecule has 0 saturated heterocycles. The predicted molar refractivity (Wildman–Crippen MR) is 55.6 cm³/mol. The Hall–Kier alpha value is 0.0938. The fourth-order valence-corrected chi connectivity index (χ4v) is 6.63. The van der Waals surface area contributed by atoms with E-state index < -0.39 is 17.5 Å². The van der Waals surface area contributed by atoms with Crippen LogP contribution in [0, 0.1) is 0 Å². The van der Waals surface area contributed by atoms with Crippen LogP contribution in [0.4, 0.5) is 0 Å². The normalized spacial score (nSPS) is 12.1. The van der Waals surface area contributed by atoms with Crippen LogP contribution >= 0.6 is 0 Å². The van der Waals surface area contributed by atoms with E-state index in [9.17, 15) is 0 Å². The molecule has 0 aliphatic carbocycles. The van der Waals surface area contributed by atoms with E-state index in [0.717, 1.165) is 6.54 Å². The van der Waals surface area contributed by atoms with Crippen molar-refractivity contribution in [2.24, 2.45) is 0 Å². The quantitative estimate of drug-likeness (QED) is 0.522. The Morgan fingerprint density at radius 2 is 2.09 bits per heavy atom. The predicted octanol–water partition coefficient (Wildman–Crippen LogP) is 1.46. The summed E-state index contributed by atoms with van der Waals surface area (Å²) in [7, 11) is -2.42. The van der Waals surface area contributed by atoms with Gasteiger partial charge in [0.2, 0.25) is 0 Å². The van der Waals surface area contributed by atoms with Crippen molar-refractivity contribution in [3.63, 3.8) is 0 Å². The van der Waals surface area contributed by atoms with Crippen LogP contribution in [0.15, 0.2) is 12.7 Å². The fourth-order valence-electron chi connectivity index (χ4n) is 0.949. The average Bonchev–Trinajstić information content (AvgIpc) is 1.81. The molecule has 0 aliphatic rings. The second kappa shape index (κ2) is 4.87. The minimum atomic E-state index is -1.55. The van der Waals surface area contributed by atoms with Crippen molar-refractivity contribution in [2.75, 3.05) is 6.54 Å². The molecule has 0 aromatic carbocycles. The zero-order valence-corrected chi connectivity index (χ0v) is 10.1. The van der Waals surface area contributed by atoms with Gasteiger partial charge in [-0.15, -0.1) is 6.58 Å². The van der Waals surface area contributed by atoms with Crippen molar-refractivity contribution in [2.45, 2.75) is 26.2 Å². The molecular formula is C7H19NOSi2. The summed E-state index contributed by atoms with van der Waals surface area (Å²) < 4.78 is 5.86. The van der Waals surface area contributed by atoms with Gasteiger partial charge in [-0.3, -0.25) is 0 Å². The molecule has 0 bridgehead atoms. The Balaban J connectivity index is 3.69. The van der Waals surface area contributed by atoms with Crippen LogP contribution in [-0.2, 0) is 4.12 Å². The summed E-state index contributed by atoms with van der Waals surface area (Å²) in [5.74, 6) is 0. The van der Waals surface area contributed by atoms with E-state index in [1.54, 1.807) is 0 Å². The highest BCUT2D eigenvalue weighted by Crippen LogP contribution is 2.01. The lowest BCUT2D eigenvalue weighted by Crippen LogP contribution is -2.50. The van der Waals surface area contributed by atoms with E-state index in [4.69, 9.17) is 4.12 Å². The average molecular weight is 189 g/mol. The third kappa shape index (κ3) is 6.49. The number of nitrogens with one attached hydrogen (secondary N) is 1. The van der Waals surface area contributed by atoms with Gasteiger partial charge in [-0.1, -0.05) is 6.08 Å². The highest BCUT2D eigenvalue weighted by molar-refractivity contribution is 6.75. The van der Waals surface area contributed by atoms with E-state index in [2.05, 4.69) is 37.7 Å². The molecule has 0 aromatic rings. The maximum Gasteiger partial charge on any atom is 0.252 e. The first-order valence-corrected chi connectivity index (χ1v) is 9.70. The summed E-state index contributed by atoms with van der Waals surface area (Å²) in [5.41, 5.74) is 0. The minimum absolute atomic E-state index is 0.861. The van der Waals surface area contributed by atoms with Crippen molar-refractivity contribution in [3.8, 4) is 0 Å². The molecule has 4 heteroatoms. The lowest BCUT2D eigenvalue weighted by atomic mass is 10.7. The monoisotopic (exact) mass is 189 g/mol. The van der Waals surface area contributed by atoms with Crippen LogP contribution in [0.5, 0.6) is 0 Å². The summed E-state index contributed by atoms with van der Waals surface area (Å²) in [6.07, 6.45) is 1.87. The van der Waals surface area contributed by atoms with Crippen LogP contribution < -0.4 is 4.98 Å². The molecular weight excluding hydrogens is 170 g/mol. The largest absolute Gasteiger partial charge is 0.447 e. The maximum atomic E-state index is 5.86. The van der Waals surface area contributed by atoms with Crippen molar-refractivity contribution < 1.29 is 4.12 Å². The standard InChI is InChI=1S/C7H19NOSi2/c1-6-7-8-11(4,5)9-10(2)3/h6,8,10H,1,7H2,2-5H3. The van der Waals surface area contributed by atoms with Crippen LogP contribution in [0.2, 0.25) is 26.2 Å². The second-order valence-corrected chi connectivity index (χ2v) is 9.76. The Labute approximate surface area is 72.6 Å². The highest BCUT2D eigenvalue weighted by atomic mass is 28.4. The highest BCUT2D eigenvalue weighted by Gasteiger charge is 2.22. The molecule has 0 fully saturated rings. The van der Waals surface area contributed by atoms with Gasteiger partial charge < -0.3 is 9.10 Å². The molecule has 1 N–H and O–H groups in total. The van der Waals surface area contributed by atoms with Crippen molar-refractivity contribution in [1.82, 2.24) is 4.98 Å². The van der Waals surface area contributed by atoms with Crippen LogP contribution in [0.1, 0.15) is 0 Å². The number of hydrogen-bond donors (Lipinski definition) is 1. The summed E-state index contributed by atoms with van der Waals surface area (Å²) in [6, 6.07) is 0. The molecule has 0 radical (unpaired) electrons. The zero-order valence-electron chi connectivity index (χ0n) is 7.98. The van der Waals surface area contributed by atoms with Crippen molar-refractivity contribution in [1.29, 1.82) is 0 Å². The summed E-state index contributed by atoms with van der Waals surface area (Å²) in [5, 5.41) is 0. The number of hydrogen-bond acceptors (Lipinski definition) is 2. The smallest absolute Gasteiger partial charge is 0.252 e. The molecule has 0 unspecified atom stereocenters. The van der Waals surface area contributed by atoms with Gasteiger partial charge in [-0.25, -0.2) is 0 Å². The molecule has 0 spiro atoms. The summed E-state index contributed by atoms with van der Waals surface area (Å²) in [6.45, 7) is 13.3. The van der Waals surface area contributed by atoms with E-state index in [1.807, 2.05) is 6.08 Å². The van der Waals surface area contributed by atoms with Gasteiger partial charge in [0.15, 0.2) is 9.04 Å². The number of rotatable bonds is 5. The van der Waals surface area contributed by atoms with Gasteiger partial charge in [0.05, 0.1) is 0 Å². The fraction of sp³-hybridized carbons (Fsp3) is 0.714. The Kier molecular flexibility index (Phi) is 4.91. The maximum absolute atomic E-state index is 5.86. The van der Waals surface area contributed by atoms with E-state index in [1.165, 1.54) is 0 Å². The molecule has 0 heterocycles. The minimum Gasteiger partial charge on any atom is -0.447 e. The molecule has 2 nitrogen and oxygen atoms in total. The van der Waals surface area contributed by atoms with Gasteiger partial charge in [0, 0.05) is 6.54 Å². The van der Waals surface area contributed by atoms with Gasteiger partial charge >= 0.3 is 0 Å². The topological polar surface area (TPSA) is 21.3 Å². The lowest BCUT2D eigenvalue weighted by Gasteiger charge is -2.25. The molecule has 0 atom stereocenters. The molecule has 0 rings (SSSR count).